The summed E-state index contributed by atoms with van der Waals surface area (Å²) in [5.41, 5.74) is 5.24. The minimum absolute atomic E-state index is 0.944. The van der Waals surface area contributed by atoms with Gasteiger partial charge in [-0.15, -0.1) is 0 Å². The predicted molar refractivity (Wildman–Crippen MR) is 116 cm³/mol. The Morgan fingerprint density at radius 1 is 0.407 bits per heavy atom. The number of benzene rings is 5. The maximum absolute atomic E-state index is 2.35. The highest BCUT2D eigenvalue weighted by atomic mass is 14.1. The van der Waals surface area contributed by atoms with Crippen molar-refractivity contribution in [2.45, 2.75) is 6.42 Å². The molecule has 0 saturated carbocycles. The molecule has 0 N–H and O–H groups in total. The monoisotopic (exact) mass is 344 g/mol. The lowest BCUT2D eigenvalue weighted by Crippen LogP contribution is -1.90. The fourth-order valence-electron chi connectivity index (χ4n) is 3.89. The predicted octanol–water partition coefficient (Wildman–Crippen LogP) is 7.25. The van der Waals surface area contributed by atoms with E-state index in [4.69, 9.17) is 0 Å². The maximum Gasteiger partial charge on any atom is -0.00253 e. The molecule has 0 heterocycles. The first-order chi connectivity index (χ1) is 13.4. The second-order valence-corrected chi connectivity index (χ2v) is 7.09. The zero-order valence-corrected chi connectivity index (χ0v) is 15.1. The Morgan fingerprint density at radius 2 is 1.07 bits per heavy atom. The van der Waals surface area contributed by atoms with Gasteiger partial charge in [0.25, 0.3) is 0 Å². The summed E-state index contributed by atoms with van der Waals surface area (Å²) in [5.74, 6) is 0. The summed E-state index contributed by atoms with van der Waals surface area (Å²) in [6.07, 6.45) is 0.944. The van der Waals surface area contributed by atoms with Crippen LogP contribution in [0.5, 0.6) is 0 Å². The zero-order valence-electron chi connectivity index (χ0n) is 15.1. The van der Waals surface area contributed by atoms with Crippen LogP contribution >= 0.6 is 0 Å². The SMILES string of the molecule is c1ccc(-c2cccc(Cc3ccc4ccc5ccccc5c4c3)c2)cc1. The third kappa shape index (κ3) is 3.11. The third-order valence-electron chi connectivity index (χ3n) is 5.25. The molecule has 5 aromatic rings. The minimum Gasteiger partial charge on any atom is -0.0622 e. The number of rotatable bonds is 3. The summed E-state index contributed by atoms with van der Waals surface area (Å²) < 4.78 is 0. The van der Waals surface area contributed by atoms with Gasteiger partial charge in [-0.3, -0.25) is 0 Å². The lowest BCUT2D eigenvalue weighted by atomic mass is 9.96. The Labute approximate surface area is 159 Å². The topological polar surface area (TPSA) is 0 Å². The molecule has 0 aromatic heterocycles. The molecule has 0 amide bonds. The van der Waals surface area contributed by atoms with Crippen LogP contribution in [-0.4, -0.2) is 0 Å². The average molecular weight is 344 g/mol. The van der Waals surface area contributed by atoms with Gasteiger partial charge in [0.05, 0.1) is 0 Å². The summed E-state index contributed by atoms with van der Waals surface area (Å²) >= 11 is 0. The summed E-state index contributed by atoms with van der Waals surface area (Å²) in [5, 5.41) is 5.27. The van der Waals surface area contributed by atoms with Gasteiger partial charge < -0.3 is 0 Å². The third-order valence-corrected chi connectivity index (χ3v) is 5.25. The van der Waals surface area contributed by atoms with Crippen LogP contribution in [0.15, 0.2) is 109 Å². The van der Waals surface area contributed by atoms with Crippen molar-refractivity contribution in [2.75, 3.05) is 0 Å². The van der Waals surface area contributed by atoms with Gasteiger partial charge in [-0.05, 0) is 50.2 Å². The van der Waals surface area contributed by atoms with E-state index < -0.39 is 0 Å². The molecule has 0 saturated heterocycles. The van der Waals surface area contributed by atoms with E-state index in [1.807, 2.05) is 0 Å². The van der Waals surface area contributed by atoms with E-state index >= 15 is 0 Å². The van der Waals surface area contributed by atoms with Crippen molar-refractivity contribution in [2.24, 2.45) is 0 Å². The second-order valence-electron chi connectivity index (χ2n) is 7.09. The average Bonchev–Trinajstić information content (AvgIpc) is 2.74. The molecule has 0 fully saturated rings. The fourth-order valence-corrected chi connectivity index (χ4v) is 3.89. The molecular formula is C27H20. The van der Waals surface area contributed by atoms with Gasteiger partial charge in [-0.25, -0.2) is 0 Å². The Hall–Kier alpha value is -3.38. The van der Waals surface area contributed by atoms with Crippen LogP contribution in [0, 0.1) is 0 Å². The fraction of sp³-hybridized carbons (Fsp3) is 0.0370. The van der Waals surface area contributed by atoms with Crippen molar-refractivity contribution in [3.8, 4) is 11.1 Å². The molecule has 0 aliphatic rings. The molecular weight excluding hydrogens is 324 g/mol. The van der Waals surface area contributed by atoms with E-state index in [2.05, 4.69) is 109 Å². The van der Waals surface area contributed by atoms with Crippen LogP contribution in [0.4, 0.5) is 0 Å². The molecule has 0 nitrogen and oxygen atoms in total. The van der Waals surface area contributed by atoms with Crippen LogP contribution in [0.3, 0.4) is 0 Å². The molecule has 0 aliphatic carbocycles. The lowest BCUT2D eigenvalue weighted by molar-refractivity contribution is 1.20. The van der Waals surface area contributed by atoms with Gasteiger partial charge >= 0.3 is 0 Å². The van der Waals surface area contributed by atoms with Crippen LogP contribution in [-0.2, 0) is 6.42 Å². The molecule has 5 rings (SSSR count). The Kier molecular flexibility index (Phi) is 3.95. The van der Waals surface area contributed by atoms with Gasteiger partial charge in [0.15, 0.2) is 0 Å². The molecule has 5 aromatic carbocycles. The van der Waals surface area contributed by atoms with Gasteiger partial charge in [-0.1, -0.05) is 109 Å². The molecule has 27 heavy (non-hydrogen) atoms. The first kappa shape index (κ1) is 15.8. The smallest absolute Gasteiger partial charge is 0.00253 e. The van der Waals surface area contributed by atoms with Gasteiger partial charge in [-0.2, -0.15) is 0 Å². The van der Waals surface area contributed by atoms with Crippen molar-refractivity contribution in [3.63, 3.8) is 0 Å². The summed E-state index contributed by atoms with van der Waals surface area (Å²) in [6.45, 7) is 0. The Morgan fingerprint density at radius 3 is 1.96 bits per heavy atom. The molecule has 0 bridgehead atoms. The van der Waals surface area contributed by atoms with Crippen LogP contribution in [0.25, 0.3) is 32.7 Å². The van der Waals surface area contributed by atoms with E-state index in [9.17, 15) is 0 Å². The summed E-state index contributed by atoms with van der Waals surface area (Å²) in [7, 11) is 0. The van der Waals surface area contributed by atoms with Crippen LogP contribution < -0.4 is 0 Å². The Balaban J connectivity index is 1.54. The number of fused-ring (bicyclic) bond motifs is 3. The van der Waals surface area contributed by atoms with E-state index in [-0.39, 0.29) is 0 Å². The number of hydrogen-bond acceptors (Lipinski definition) is 0. The quantitative estimate of drug-likeness (QED) is 0.302. The van der Waals surface area contributed by atoms with Gasteiger partial charge in [0.2, 0.25) is 0 Å². The van der Waals surface area contributed by atoms with Crippen molar-refractivity contribution in [3.05, 3.63) is 120 Å². The van der Waals surface area contributed by atoms with Crippen molar-refractivity contribution >= 4 is 21.5 Å². The molecule has 0 unspecified atom stereocenters. The molecule has 0 aliphatic heterocycles. The van der Waals surface area contributed by atoms with E-state index in [0.717, 1.165) is 6.42 Å². The highest BCUT2D eigenvalue weighted by Gasteiger charge is 2.04. The molecule has 128 valence electrons. The first-order valence-corrected chi connectivity index (χ1v) is 9.42. The van der Waals surface area contributed by atoms with E-state index in [1.165, 1.54) is 43.8 Å². The molecule has 0 spiro atoms. The van der Waals surface area contributed by atoms with Crippen LogP contribution in [0.2, 0.25) is 0 Å². The molecule has 0 atom stereocenters. The lowest BCUT2D eigenvalue weighted by Gasteiger charge is -2.09. The summed E-state index contributed by atoms with van der Waals surface area (Å²) in [6, 6.07) is 39.4. The first-order valence-electron chi connectivity index (χ1n) is 9.42. The van der Waals surface area contributed by atoms with Gasteiger partial charge in [0, 0.05) is 0 Å². The molecule has 0 heteroatoms. The normalized spacial score (nSPS) is 11.1. The Bertz CT molecular complexity index is 1230. The zero-order chi connectivity index (χ0) is 18.1. The highest BCUT2D eigenvalue weighted by molar-refractivity contribution is 6.07. The van der Waals surface area contributed by atoms with E-state index in [0.29, 0.717) is 0 Å². The largest absolute Gasteiger partial charge is 0.0622 e. The molecule has 0 radical (unpaired) electrons. The van der Waals surface area contributed by atoms with E-state index in [1.54, 1.807) is 0 Å². The standard InChI is InChI=1S/C27H20/c1-2-8-22(9-3-1)25-11-6-7-20(18-25)17-21-13-14-24-16-15-23-10-4-5-12-26(23)27(24)19-21/h1-16,18-19H,17H2. The number of hydrogen-bond donors (Lipinski definition) is 0. The van der Waals surface area contributed by atoms with Gasteiger partial charge in [0.1, 0.15) is 0 Å². The highest BCUT2D eigenvalue weighted by Crippen LogP contribution is 2.27. The van der Waals surface area contributed by atoms with Crippen LogP contribution in [0.1, 0.15) is 11.1 Å². The van der Waals surface area contributed by atoms with Crippen molar-refractivity contribution in [1.29, 1.82) is 0 Å². The van der Waals surface area contributed by atoms with Crippen molar-refractivity contribution < 1.29 is 0 Å². The minimum atomic E-state index is 0.944. The maximum atomic E-state index is 2.35. The van der Waals surface area contributed by atoms with Crippen molar-refractivity contribution in [1.82, 2.24) is 0 Å². The second kappa shape index (κ2) is 6.74. The summed E-state index contributed by atoms with van der Waals surface area (Å²) in [4.78, 5) is 0.